The third-order valence-corrected chi connectivity index (χ3v) is 7.93. The molecule has 0 atom stereocenters. The molecule has 9 rings (SSSR count). The molecule has 0 aliphatic rings. The van der Waals surface area contributed by atoms with E-state index in [-0.39, 0.29) is 0 Å². The van der Waals surface area contributed by atoms with Crippen LogP contribution < -0.4 is 0 Å². The molecule has 0 aliphatic heterocycles. The number of rotatable bonds is 2. The third-order valence-electron chi connectivity index (χ3n) is 7.93. The molecule has 9 aromatic rings. The van der Waals surface area contributed by atoms with E-state index in [4.69, 9.17) is 14.4 Å². The van der Waals surface area contributed by atoms with Crippen LogP contribution in [0.2, 0.25) is 0 Å². The van der Waals surface area contributed by atoms with Crippen molar-refractivity contribution in [3.05, 3.63) is 122 Å². The van der Waals surface area contributed by atoms with Gasteiger partial charge in [-0.3, -0.25) is 9.97 Å². The zero-order valence-corrected chi connectivity index (χ0v) is 21.7. The van der Waals surface area contributed by atoms with Crippen LogP contribution in [0.25, 0.3) is 88.1 Å². The summed E-state index contributed by atoms with van der Waals surface area (Å²) < 4.78 is 6.23. The summed E-state index contributed by atoms with van der Waals surface area (Å²) in [4.78, 5) is 19.3. The van der Waals surface area contributed by atoms with Crippen molar-refractivity contribution in [2.45, 2.75) is 0 Å². The van der Waals surface area contributed by atoms with Gasteiger partial charge in [-0.2, -0.15) is 0 Å². The molecule has 0 fully saturated rings. The number of furan rings is 1. The third kappa shape index (κ3) is 3.42. The second kappa shape index (κ2) is 8.41. The summed E-state index contributed by atoms with van der Waals surface area (Å²) in [5.41, 5.74) is 9.19. The summed E-state index contributed by atoms with van der Waals surface area (Å²) in [5, 5.41) is 6.41. The van der Waals surface area contributed by atoms with E-state index < -0.39 is 0 Å². The Hall–Kier alpha value is -5.68. The molecular formula is C36H20N4O. The average Bonchev–Trinajstić information content (AvgIpc) is 3.41. The number of hydrogen-bond donors (Lipinski definition) is 0. The van der Waals surface area contributed by atoms with Crippen LogP contribution in [0, 0.1) is 0 Å². The minimum absolute atomic E-state index is 0.843. The molecule has 5 heterocycles. The fourth-order valence-electron chi connectivity index (χ4n) is 5.87. The Morgan fingerprint density at radius 3 is 1.34 bits per heavy atom. The molecule has 0 bridgehead atoms. The van der Waals surface area contributed by atoms with Gasteiger partial charge in [-0.25, -0.2) is 9.97 Å². The molecule has 0 spiro atoms. The van der Waals surface area contributed by atoms with Gasteiger partial charge in [0.25, 0.3) is 0 Å². The predicted octanol–water partition coefficient (Wildman–Crippen LogP) is 9.11. The summed E-state index contributed by atoms with van der Waals surface area (Å²) >= 11 is 0. The van der Waals surface area contributed by atoms with Crippen molar-refractivity contribution in [1.82, 2.24) is 19.9 Å². The maximum atomic E-state index is 6.23. The lowest BCUT2D eigenvalue weighted by atomic mass is 10.0. The summed E-state index contributed by atoms with van der Waals surface area (Å²) in [6, 6.07) is 37.4. The van der Waals surface area contributed by atoms with Gasteiger partial charge in [0, 0.05) is 55.8 Å². The largest absolute Gasteiger partial charge is 0.456 e. The van der Waals surface area contributed by atoms with Crippen LogP contribution in [0.4, 0.5) is 0 Å². The zero-order chi connectivity index (χ0) is 26.9. The van der Waals surface area contributed by atoms with Gasteiger partial charge >= 0.3 is 0 Å². The van der Waals surface area contributed by atoms with Gasteiger partial charge in [0.2, 0.25) is 0 Å². The van der Waals surface area contributed by atoms with Gasteiger partial charge in [-0.1, -0.05) is 48.5 Å². The van der Waals surface area contributed by atoms with Gasteiger partial charge < -0.3 is 4.42 Å². The number of benzene rings is 4. The Balaban J connectivity index is 1.20. The van der Waals surface area contributed by atoms with Gasteiger partial charge in [0.1, 0.15) is 11.2 Å². The topological polar surface area (TPSA) is 64.7 Å². The fraction of sp³-hybridized carbons (Fsp3) is 0. The molecule has 0 saturated heterocycles. The highest BCUT2D eigenvalue weighted by molar-refractivity contribution is 6.09. The minimum atomic E-state index is 0.843. The molecule has 5 nitrogen and oxygen atoms in total. The Morgan fingerprint density at radius 1 is 0.415 bits per heavy atom. The van der Waals surface area contributed by atoms with Crippen molar-refractivity contribution in [3.8, 4) is 22.5 Å². The Kier molecular flexibility index (Phi) is 4.55. The summed E-state index contributed by atoms with van der Waals surface area (Å²) in [6.07, 6.45) is 3.64. The lowest BCUT2D eigenvalue weighted by molar-refractivity contribution is 0.669. The summed E-state index contributed by atoms with van der Waals surface area (Å²) in [6.45, 7) is 0. The molecule has 0 N–H and O–H groups in total. The van der Waals surface area contributed by atoms with Gasteiger partial charge in [-0.15, -0.1) is 0 Å². The zero-order valence-electron chi connectivity index (χ0n) is 21.7. The van der Waals surface area contributed by atoms with Crippen LogP contribution in [0.5, 0.6) is 0 Å². The lowest BCUT2D eigenvalue weighted by Gasteiger charge is -2.07. The van der Waals surface area contributed by atoms with E-state index in [1.165, 1.54) is 0 Å². The molecule has 5 aromatic heterocycles. The first-order chi connectivity index (χ1) is 20.3. The van der Waals surface area contributed by atoms with Crippen LogP contribution in [0.15, 0.2) is 126 Å². The Bertz CT molecular complexity index is 2320. The minimum Gasteiger partial charge on any atom is -0.456 e. The number of nitrogens with zero attached hydrogens (tertiary/aromatic N) is 4. The lowest BCUT2D eigenvalue weighted by Crippen LogP contribution is -1.89. The molecular weight excluding hydrogens is 504 g/mol. The predicted molar refractivity (Wildman–Crippen MR) is 166 cm³/mol. The van der Waals surface area contributed by atoms with E-state index in [0.29, 0.717) is 0 Å². The van der Waals surface area contributed by atoms with Gasteiger partial charge in [0.15, 0.2) is 0 Å². The van der Waals surface area contributed by atoms with Crippen molar-refractivity contribution < 1.29 is 4.42 Å². The fourth-order valence-corrected chi connectivity index (χ4v) is 5.87. The Morgan fingerprint density at radius 2 is 0.854 bits per heavy atom. The Labute approximate surface area is 233 Å². The highest BCUT2D eigenvalue weighted by Gasteiger charge is 2.13. The van der Waals surface area contributed by atoms with E-state index in [0.717, 1.165) is 88.1 Å². The first-order valence-corrected chi connectivity index (χ1v) is 13.5. The number of pyridine rings is 4. The second-order valence-electron chi connectivity index (χ2n) is 10.3. The van der Waals surface area contributed by atoms with Crippen molar-refractivity contribution in [3.63, 3.8) is 0 Å². The van der Waals surface area contributed by atoms with Gasteiger partial charge in [-0.05, 0) is 60.7 Å². The molecule has 0 amide bonds. The van der Waals surface area contributed by atoms with Crippen LogP contribution in [-0.2, 0) is 0 Å². The smallest absolute Gasteiger partial charge is 0.135 e. The first-order valence-electron chi connectivity index (χ1n) is 13.5. The van der Waals surface area contributed by atoms with Crippen LogP contribution in [-0.4, -0.2) is 19.9 Å². The van der Waals surface area contributed by atoms with Crippen molar-refractivity contribution in [1.29, 1.82) is 0 Å². The summed E-state index contributed by atoms with van der Waals surface area (Å²) in [5.74, 6) is 0. The van der Waals surface area contributed by atoms with Crippen LogP contribution in [0.1, 0.15) is 0 Å². The molecule has 0 saturated carbocycles. The van der Waals surface area contributed by atoms with E-state index in [9.17, 15) is 0 Å². The van der Waals surface area contributed by atoms with E-state index >= 15 is 0 Å². The van der Waals surface area contributed by atoms with E-state index in [1.54, 1.807) is 0 Å². The SMILES string of the molecule is c1cnc2c(c1)ccc1ccc(-c3ccc4oc5ccc(-c6ccc7ccc8cccnc8c7n6)cc5c4c3)nc12. The quantitative estimate of drug-likeness (QED) is 0.211. The number of aromatic nitrogens is 4. The maximum absolute atomic E-state index is 6.23. The number of fused-ring (bicyclic) bond motifs is 9. The maximum Gasteiger partial charge on any atom is 0.135 e. The molecule has 5 heteroatoms. The molecule has 41 heavy (non-hydrogen) atoms. The van der Waals surface area contributed by atoms with Crippen molar-refractivity contribution in [2.24, 2.45) is 0 Å². The van der Waals surface area contributed by atoms with Crippen molar-refractivity contribution in [2.75, 3.05) is 0 Å². The highest BCUT2D eigenvalue weighted by Crippen LogP contribution is 2.36. The molecule has 190 valence electrons. The second-order valence-corrected chi connectivity index (χ2v) is 10.3. The van der Waals surface area contributed by atoms with Crippen LogP contribution in [0.3, 0.4) is 0 Å². The molecule has 0 aliphatic carbocycles. The molecule has 0 radical (unpaired) electrons. The molecule has 4 aromatic carbocycles. The average molecular weight is 525 g/mol. The van der Waals surface area contributed by atoms with Crippen LogP contribution >= 0.6 is 0 Å². The first kappa shape index (κ1) is 22.2. The van der Waals surface area contributed by atoms with E-state index in [1.807, 2.05) is 36.7 Å². The highest BCUT2D eigenvalue weighted by atomic mass is 16.3. The molecule has 0 unspecified atom stereocenters. The van der Waals surface area contributed by atoms with Crippen molar-refractivity contribution >= 4 is 65.6 Å². The van der Waals surface area contributed by atoms with E-state index in [2.05, 4.69) is 94.9 Å². The standard InChI is InChI=1S/C36H20N4O/c1-3-21-5-7-23-9-13-29(39-35(23)33(21)37-17-1)25-11-15-31-27(19-25)28-20-26(12-16-32(28)41-31)30-14-10-24-8-6-22-4-2-18-38-34(22)36(24)40-30/h1-20H. The monoisotopic (exact) mass is 524 g/mol. The summed E-state index contributed by atoms with van der Waals surface area (Å²) in [7, 11) is 0. The van der Waals surface area contributed by atoms with Gasteiger partial charge in [0.05, 0.1) is 33.5 Å². The number of hydrogen-bond acceptors (Lipinski definition) is 5. The normalized spacial score (nSPS) is 11.9.